The molecule has 1 atom stereocenters. The minimum atomic E-state index is -0.710. The van der Waals surface area contributed by atoms with Crippen LogP contribution in [0.1, 0.15) is 18.7 Å². The minimum absolute atomic E-state index is 0.440. The number of hydrogen-bond acceptors (Lipinski definition) is 4. The van der Waals surface area contributed by atoms with Gasteiger partial charge < -0.3 is 4.74 Å². The quantitative estimate of drug-likeness (QED) is 0.431. The Balaban J connectivity index is 2.54. The van der Waals surface area contributed by atoms with Crippen LogP contribution in [0.3, 0.4) is 0 Å². The van der Waals surface area contributed by atoms with Crippen molar-refractivity contribution >= 4 is 12.4 Å². The Hall–Kier alpha value is -1.91. The number of nitrogens with zero attached hydrogens (tertiary/aromatic N) is 1. The first-order chi connectivity index (χ1) is 6.74. The van der Waals surface area contributed by atoms with E-state index in [-0.39, 0.29) is 0 Å². The number of hydrogen-bond donors (Lipinski definition) is 2. The van der Waals surface area contributed by atoms with Crippen molar-refractivity contribution in [1.82, 2.24) is 10.3 Å². The second-order valence-electron chi connectivity index (χ2n) is 2.55. The molecule has 1 heterocycles. The molecule has 0 saturated carbocycles. The lowest BCUT2D eigenvalue weighted by atomic mass is 10.2. The SMILES string of the molecule is CC(OC(=O)N[C]=N)c1ccccn1. The molecule has 0 aromatic carbocycles. The van der Waals surface area contributed by atoms with Crippen LogP contribution in [0.4, 0.5) is 4.79 Å². The van der Waals surface area contributed by atoms with E-state index in [2.05, 4.69) is 4.98 Å². The Bertz CT molecular complexity index is 313. The molecule has 1 rings (SSSR count). The van der Waals surface area contributed by atoms with Gasteiger partial charge in [0.25, 0.3) is 0 Å². The Morgan fingerprint density at radius 3 is 3.07 bits per heavy atom. The van der Waals surface area contributed by atoms with Crippen molar-refractivity contribution in [2.24, 2.45) is 0 Å². The number of rotatable bonds is 3. The van der Waals surface area contributed by atoms with E-state index in [1.165, 1.54) is 0 Å². The summed E-state index contributed by atoms with van der Waals surface area (Å²) in [6, 6.07) is 5.34. The summed E-state index contributed by atoms with van der Waals surface area (Å²) in [5, 5.41) is 8.48. The van der Waals surface area contributed by atoms with Crippen molar-refractivity contribution in [2.45, 2.75) is 13.0 Å². The number of pyridine rings is 1. The first kappa shape index (κ1) is 10.2. The van der Waals surface area contributed by atoms with Crippen molar-refractivity contribution < 1.29 is 9.53 Å². The normalized spacial score (nSPS) is 11.5. The summed E-state index contributed by atoms with van der Waals surface area (Å²) < 4.78 is 4.88. The van der Waals surface area contributed by atoms with E-state index in [0.29, 0.717) is 5.69 Å². The molecule has 73 valence electrons. The van der Waals surface area contributed by atoms with Gasteiger partial charge in [0.1, 0.15) is 6.10 Å². The standard InChI is InChI=1S/C9H10N3O2/c1-7(14-9(13)12-6-10)8-4-2-3-5-11-8/h2-5,7H,1H3,(H2,10,12,13). The smallest absolute Gasteiger partial charge is 0.413 e. The summed E-state index contributed by atoms with van der Waals surface area (Å²) in [6.45, 7) is 1.70. The van der Waals surface area contributed by atoms with E-state index in [0.717, 1.165) is 0 Å². The van der Waals surface area contributed by atoms with Gasteiger partial charge in [-0.15, -0.1) is 0 Å². The second kappa shape index (κ2) is 4.96. The summed E-state index contributed by atoms with van der Waals surface area (Å²) in [5.74, 6) is 0. The van der Waals surface area contributed by atoms with Crippen molar-refractivity contribution in [1.29, 1.82) is 5.41 Å². The van der Waals surface area contributed by atoms with Gasteiger partial charge >= 0.3 is 6.09 Å². The summed E-state index contributed by atoms with van der Waals surface area (Å²) in [4.78, 5) is 14.9. The number of aromatic nitrogens is 1. The molecular formula is C9H10N3O2. The van der Waals surface area contributed by atoms with E-state index in [4.69, 9.17) is 10.1 Å². The lowest BCUT2D eigenvalue weighted by Crippen LogP contribution is -2.23. The van der Waals surface area contributed by atoms with Crippen molar-refractivity contribution in [3.05, 3.63) is 30.1 Å². The van der Waals surface area contributed by atoms with Crippen LogP contribution in [-0.2, 0) is 4.74 Å². The van der Waals surface area contributed by atoms with E-state index in [9.17, 15) is 4.79 Å². The maximum Gasteiger partial charge on any atom is 0.413 e. The summed E-state index contributed by atoms with van der Waals surface area (Å²) >= 11 is 0. The van der Waals surface area contributed by atoms with Crippen LogP contribution in [0, 0.1) is 5.41 Å². The minimum Gasteiger partial charge on any atom is -0.440 e. The molecule has 0 aliphatic rings. The maximum absolute atomic E-state index is 10.9. The van der Waals surface area contributed by atoms with Crippen LogP contribution in [-0.4, -0.2) is 17.4 Å². The highest BCUT2D eigenvalue weighted by Crippen LogP contribution is 2.12. The van der Waals surface area contributed by atoms with Gasteiger partial charge in [-0.3, -0.25) is 15.7 Å². The van der Waals surface area contributed by atoms with Crippen LogP contribution in [0.5, 0.6) is 0 Å². The van der Waals surface area contributed by atoms with Crippen LogP contribution < -0.4 is 5.32 Å². The third-order valence-corrected chi connectivity index (χ3v) is 1.55. The number of carbonyl (C=O) groups excluding carboxylic acids is 1. The van der Waals surface area contributed by atoms with Gasteiger partial charge in [-0.25, -0.2) is 4.79 Å². The van der Waals surface area contributed by atoms with Gasteiger partial charge in [-0.1, -0.05) is 6.07 Å². The molecule has 5 nitrogen and oxygen atoms in total. The Kier molecular flexibility index (Phi) is 3.60. The lowest BCUT2D eigenvalue weighted by molar-refractivity contribution is 0.110. The third-order valence-electron chi connectivity index (χ3n) is 1.55. The zero-order valence-corrected chi connectivity index (χ0v) is 7.65. The maximum atomic E-state index is 10.9. The molecule has 0 aliphatic heterocycles. The highest BCUT2D eigenvalue weighted by molar-refractivity contribution is 5.80. The van der Waals surface area contributed by atoms with Gasteiger partial charge in [0.05, 0.1) is 5.69 Å². The van der Waals surface area contributed by atoms with Crippen LogP contribution in [0.15, 0.2) is 24.4 Å². The van der Waals surface area contributed by atoms with E-state index >= 15 is 0 Å². The fourth-order valence-electron chi connectivity index (χ4n) is 0.918. The number of ether oxygens (including phenoxy) is 1. The molecule has 0 saturated heterocycles. The van der Waals surface area contributed by atoms with Gasteiger partial charge in [0.2, 0.25) is 0 Å². The molecule has 0 aliphatic carbocycles. The molecule has 5 heteroatoms. The average molecular weight is 192 g/mol. The molecule has 1 amide bonds. The number of carbonyl (C=O) groups is 1. The third kappa shape index (κ3) is 2.85. The Morgan fingerprint density at radius 1 is 1.71 bits per heavy atom. The van der Waals surface area contributed by atoms with Crippen molar-refractivity contribution in [3.8, 4) is 0 Å². The zero-order chi connectivity index (χ0) is 10.4. The summed E-state index contributed by atoms with van der Waals surface area (Å²) in [6.07, 6.45) is 2.20. The molecule has 1 unspecified atom stereocenters. The van der Waals surface area contributed by atoms with Gasteiger partial charge in [-0.05, 0) is 19.1 Å². The zero-order valence-electron chi connectivity index (χ0n) is 7.65. The molecule has 0 bridgehead atoms. The molecule has 1 radical (unpaired) electrons. The monoisotopic (exact) mass is 192 g/mol. The van der Waals surface area contributed by atoms with E-state index in [1.807, 2.05) is 11.4 Å². The molecule has 14 heavy (non-hydrogen) atoms. The fourth-order valence-corrected chi connectivity index (χ4v) is 0.918. The van der Waals surface area contributed by atoms with Crippen LogP contribution >= 0.6 is 0 Å². The molecule has 0 fully saturated rings. The van der Waals surface area contributed by atoms with Gasteiger partial charge in [0.15, 0.2) is 6.34 Å². The van der Waals surface area contributed by atoms with Crippen LogP contribution in [0.2, 0.25) is 0 Å². The fraction of sp³-hybridized carbons (Fsp3) is 0.222. The molecule has 2 N–H and O–H groups in total. The molecule has 1 aromatic rings. The summed E-state index contributed by atoms with van der Waals surface area (Å²) in [7, 11) is 0. The first-order valence-corrected chi connectivity index (χ1v) is 4.03. The van der Waals surface area contributed by atoms with E-state index < -0.39 is 12.2 Å². The highest BCUT2D eigenvalue weighted by atomic mass is 16.6. The number of alkyl carbamates (subject to hydrolysis) is 1. The molecular weight excluding hydrogens is 182 g/mol. The number of amides is 1. The van der Waals surface area contributed by atoms with Gasteiger partial charge in [-0.2, -0.15) is 0 Å². The first-order valence-electron chi connectivity index (χ1n) is 4.03. The second-order valence-corrected chi connectivity index (χ2v) is 2.55. The lowest BCUT2D eigenvalue weighted by Gasteiger charge is -2.11. The highest BCUT2D eigenvalue weighted by Gasteiger charge is 2.10. The molecule has 0 spiro atoms. The molecule has 1 aromatic heterocycles. The van der Waals surface area contributed by atoms with Gasteiger partial charge in [0, 0.05) is 6.20 Å². The predicted molar refractivity (Wildman–Crippen MR) is 50.0 cm³/mol. The van der Waals surface area contributed by atoms with Crippen molar-refractivity contribution in [3.63, 3.8) is 0 Å². The Labute approximate surface area is 81.6 Å². The van der Waals surface area contributed by atoms with E-state index in [1.54, 1.807) is 31.6 Å². The number of nitrogens with one attached hydrogen (secondary N) is 2. The topological polar surface area (TPSA) is 75.1 Å². The Morgan fingerprint density at radius 2 is 2.50 bits per heavy atom. The summed E-state index contributed by atoms with van der Waals surface area (Å²) in [5.41, 5.74) is 0.660. The van der Waals surface area contributed by atoms with Crippen LogP contribution in [0.25, 0.3) is 0 Å². The van der Waals surface area contributed by atoms with Crippen molar-refractivity contribution in [2.75, 3.05) is 0 Å². The largest absolute Gasteiger partial charge is 0.440 e. The predicted octanol–water partition coefficient (Wildman–Crippen LogP) is 1.35. The average Bonchev–Trinajstić information content (AvgIpc) is 2.19.